The molecule has 0 aromatic heterocycles. The van der Waals surface area contributed by atoms with E-state index < -0.39 is 69.9 Å². The van der Waals surface area contributed by atoms with E-state index in [1.165, 1.54) is 0 Å². The molecule has 0 fully saturated rings. The summed E-state index contributed by atoms with van der Waals surface area (Å²) in [7, 11) is -6.77. The van der Waals surface area contributed by atoms with E-state index in [1.54, 1.807) is 6.92 Å². The predicted octanol–water partition coefficient (Wildman–Crippen LogP) is 3.64. The van der Waals surface area contributed by atoms with E-state index in [9.17, 15) is 78.8 Å². The number of alkyl halides is 15. The normalized spacial score (nSPS) is 16.1. The molecular formula is C15H16F15NaO3S. The van der Waals surface area contributed by atoms with Crippen molar-refractivity contribution in [2.75, 3.05) is 0 Å². The summed E-state index contributed by atoms with van der Waals surface area (Å²) in [5.41, 5.74) is 0. The third-order valence-electron chi connectivity index (χ3n) is 4.67. The topological polar surface area (TPSA) is 57.2 Å². The van der Waals surface area contributed by atoms with Crippen molar-refractivity contribution in [3.05, 3.63) is 0 Å². The summed E-state index contributed by atoms with van der Waals surface area (Å²) >= 11 is 0. The van der Waals surface area contributed by atoms with Gasteiger partial charge in [-0.25, -0.2) is 8.42 Å². The summed E-state index contributed by atoms with van der Waals surface area (Å²) in [4.78, 5) is 0. The van der Waals surface area contributed by atoms with Crippen molar-refractivity contribution in [3.8, 4) is 0 Å². The maximum Gasteiger partial charge on any atom is 1.00 e. The summed E-state index contributed by atoms with van der Waals surface area (Å²) in [6.45, 7) is 1.61. The average Bonchev–Trinajstić information content (AvgIpc) is 2.61. The molecular weight excluding hydrogens is 568 g/mol. The number of hydrogen-bond donors (Lipinski definition) is 0. The quantitative estimate of drug-likeness (QED) is 0.144. The fourth-order valence-corrected chi connectivity index (χ4v) is 3.59. The number of unbranched alkanes of at least 4 members (excludes halogenated alkanes) is 4. The molecule has 0 aromatic rings. The molecule has 0 aliphatic rings. The number of hydrogen-bond acceptors (Lipinski definition) is 3. The maximum atomic E-state index is 14.1. The van der Waals surface area contributed by atoms with Crippen LogP contribution in [-0.2, 0) is 10.1 Å². The van der Waals surface area contributed by atoms with Gasteiger partial charge in [0.2, 0.25) is 0 Å². The van der Waals surface area contributed by atoms with Gasteiger partial charge in [-0.2, -0.15) is 65.9 Å². The Hall–Kier alpha value is -0.140. The maximum absolute atomic E-state index is 14.1. The Balaban J connectivity index is 0. The van der Waals surface area contributed by atoms with E-state index in [0.717, 1.165) is 0 Å². The summed E-state index contributed by atoms with van der Waals surface area (Å²) in [6.07, 6.45) is -9.82. The van der Waals surface area contributed by atoms with Gasteiger partial charge in [-0.1, -0.05) is 39.0 Å². The summed E-state index contributed by atoms with van der Waals surface area (Å²) in [5.74, 6) is -48.7. The fourth-order valence-electron chi connectivity index (χ4n) is 2.62. The van der Waals surface area contributed by atoms with E-state index >= 15 is 0 Å². The Morgan fingerprint density at radius 2 is 0.943 bits per heavy atom. The van der Waals surface area contributed by atoms with Crippen molar-refractivity contribution in [2.45, 2.75) is 92.4 Å². The Labute approximate surface area is 210 Å². The second-order valence-corrected chi connectivity index (χ2v) is 8.73. The molecule has 1 atom stereocenters. The van der Waals surface area contributed by atoms with Gasteiger partial charge in [-0.3, -0.25) is 0 Å². The second kappa shape index (κ2) is 11.3. The van der Waals surface area contributed by atoms with E-state index in [4.69, 9.17) is 0 Å². The first-order valence-electron chi connectivity index (χ1n) is 8.97. The van der Waals surface area contributed by atoms with E-state index in [2.05, 4.69) is 0 Å². The van der Waals surface area contributed by atoms with Gasteiger partial charge in [-0.05, 0) is 6.42 Å². The molecule has 0 amide bonds. The van der Waals surface area contributed by atoms with Crippen LogP contribution in [0.5, 0.6) is 0 Å². The molecule has 0 aliphatic heterocycles. The zero-order chi connectivity index (χ0) is 27.8. The number of halogens is 15. The molecule has 0 saturated carbocycles. The van der Waals surface area contributed by atoms with Crippen LogP contribution in [0.1, 0.15) is 45.4 Å². The minimum absolute atomic E-state index is 0. The Kier molecular flexibility index (Phi) is 12.0. The molecule has 0 aliphatic carbocycles. The van der Waals surface area contributed by atoms with E-state index in [1.807, 2.05) is 0 Å². The van der Waals surface area contributed by atoms with Gasteiger partial charge in [0.15, 0.2) is 0 Å². The first kappa shape index (κ1) is 37.0. The molecule has 0 saturated heterocycles. The van der Waals surface area contributed by atoms with Crippen molar-refractivity contribution in [3.63, 3.8) is 0 Å². The van der Waals surface area contributed by atoms with Crippen molar-refractivity contribution >= 4 is 10.1 Å². The van der Waals surface area contributed by atoms with Crippen LogP contribution in [0.15, 0.2) is 0 Å². The largest absolute Gasteiger partial charge is 1.00 e. The Morgan fingerprint density at radius 3 is 1.29 bits per heavy atom. The average molecular weight is 584 g/mol. The first-order chi connectivity index (χ1) is 14.7. The molecule has 0 bridgehead atoms. The smallest absolute Gasteiger partial charge is 0.748 e. The summed E-state index contributed by atoms with van der Waals surface area (Å²) in [6, 6.07) is 0. The third-order valence-corrected chi connectivity index (χ3v) is 5.90. The summed E-state index contributed by atoms with van der Waals surface area (Å²) in [5, 5.41) is -4.45. The van der Waals surface area contributed by atoms with E-state index in [-0.39, 0.29) is 42.4 Å². The minimum Gasteiger partial charge on any atom is -0.748 e. The molecule has 3 nitrogen and oxygen atoms in total. The van der Waals surface area contributed by atoms with Crippen LogP contribution in [0.2, 0.25) is 0 Å². The van der Waals surface area contributed by atoms with Gasteiger partial charge < -0.3 is 4.55 Å². The molecule has 20 heteroatoms. The zero-order valence-electron chi connectivity index (χ0n) is 17.6. The standard InChI is InChI=1S/C15H17F15O3S.Na/c1-2-3-4-5-6-7-8(34(31,32)33)9(16,17)10(18,19)11(20,21)12(22,23)13(24,25)14(26,27)15(28,29)30;/h8H,2-7H2,1H3,(H,31,32,33);/q;+1/p-1/t8-;/m0./s1. The third kappa shape index (κ3) is 6.47. The first-order valence-corrected chi connectivity index (χ1v) is 10.4. The molecule has 0 unspecified atom stereocenters. The van der Waals surface area contributed by atoms with Crippen LogP contribution in [0, 0.1) is 0 Å². The molecule has 0 rings (SSSR count). The molecule has 0 radical (unpaired) electrons. The summed E-state index contributed by atoms with van der Waals surface area (Å²) < 4.78 is 231. The predicted molar refractivity (Wildman–Crippen MR) is 82.6 cm³/mol. The van der Waals surface area contributed by atoms with Crippen LogP contribution in [0.25, 0.3) is 0 Å². The van der Waals surface area contributed by atoms with Crippen molar-refractivity contribution in [1.82, 2.24) is 0 Å². The van der Waals surface area contributed by atoms with Crippen LogP contribution in [0.3, 0.4) is 0 Å². The molecule has 0 aromatic carbocycles. The molecule has 0 N–H and O–H groups in total. The molecule has 206 valence electrons. The number of rotatable bonds is 13. The Bertz CT molecular complexity index is 796. The van der Waals surface area contributed by atoms with Crippen LogP contribution in [-0.4, -0.2) is 59.9 Å². The van der Waals surface area contributed by atoms with Gasteiger partial charge in [-0.15, -0.1) is 0 Å². The zero-order valence-corrected chi connectivity index (χ0v) is 20.4. The van der Waals surface area contributed by atoms with Crippen LogP contribution in [0.4, 0.5) is 65.9 Å². The van der Waals surface area contributed by atoms with Crippen LogP contribution >= 0.6 is 0 Å². The fraction of sp³-hybridized carbons (Fsp3) is 1.00. The van der Waals surface area contributed by atoms with Gasteiger partial charge >= 0.3 is 71.3 Å². The van der Waals surface area contributed by atoms with Gasteiger partial charge in [0, 0.05) is 0 Å². The second-order valence-electron chi connectivity index (χ2n) is 7.18. The van der Waals surface area contributed by atoms with Gasteiger partial charge in [0.25, 0.3) is 0 Å². The van der Waals surface area contributed by atoms with Crippen molar-refractivity contribution in [1.29, 1.82) is 0 Å². The SMILES string of the molecule is CCCCCCC[C@@H](C(F)(F)C(F)(F)C(F)(F)C(F)(F)C(F)(F)C(F)(F)C(F)(F)F)S(=O)(=O)[O-].[Na+]. The molecule has 0 spiro atoms. The van der Waals surface area contributed by atoms with E-state index in [0.29, 0.717) is 12.8 Å². The van der Waals surface area contributed by atoms with Gasteiger partial charge in [0.05, 0.1) is 0 Å². The van der Waals surface area contributed by atoms with Crippen molar-refractivity contribution in [2.24, 2.45) is 0 Å². The van der Waals surface area contributed by atoms with Gasteiger partial charge in [0.1, 0.15) is 15.4 Å². The van der Waals surface area contributed by atoms with Crippen LogP contribution < -0.4 is 29.6 Å². The molecule has 35 heavy (non-hydrogen) atoms. The molecule has 0 heterocycles. The monoisotopic (exact) mass is 584 g/mol. The van der Waals surface area contributed by atoms with Crippen molar-refractivity contribution < 1.29 is 108 Å². The minimum atomic E-state index is -8.54. The Morgan fingerprint density at radius 1 is 0.600 bits per heavy atom.